The van der Waals surface area contributed by atoms with Crippen LogP contribution in [-0.4, -0.2) is 54.2 Å². The molecule has 4 nitrogen and oxygen atoms in total. The zero-order chi connectivity index (χ0) is 18.2. The van der Waals surface area contributed by atoms with Gasteiger partial charge in [-0.1, -0.05) is 42.5 Å². The Morgan fingerprint density at radius 3 is 2.46 bits per heavy atom. The lowest BCUT2D eigenvalue weighted by atomic mass is 10.1. The molecule has 0 aliphatic carbocycles. The summed E-state index contributed by atoms with van der Waals surface area (Å²) in [6.07, 6.45) is 1.63. The summed E-state index contributed by atoms with van der Waals surface area (Å²) >= 11 is 0. The van der Waals surface area contributed by atoms with Crippen LogP contribution in [0.1, 0.15) is 30.7 Å². The predicted octanol–water partition coefficient (Wildman–Crippen LogP) is 3.33. The first-order valence-electron chi connectivity index (χ1n) is 9.67. The SMILES string of the molecule is CCOc1ccc(C(O)N2CCCN(CCc3ccccc3)CC2)cc1. The summed E-state index contributed by atoms with van der Waals surface area (Å²) in [5.74, 6) is 0.853. The van der Waals surface area contributed by atoms with Gasteiger partial charge < -0.3 is 14.7 Å². The van der Waals surface area contributed by atoms with Crippen molar-refractivity contribution < 1.29 is 9.84 Å². The molecule has 0 spiro atoms. The normalized spacial score (nSPS) is 17.6. The molecule has 0 aromatic heterocycles. The molecular formula is C22H30N2O2. The number of aliphatic hydroxyl groups excluding tert-OH is 1. The number of aliphatic hydroxyl groups is 1. The second-order valence-electron chi connectivity index (χ2n) is 6.84. The van der Waals surface area contributed by atoms with Crippen molar-refractivity contribution in [1.82, 2.24) is 9.80 Å². The van der Waals surface area contributed by atoms with Gasteiger partial charge in [0.25, 0.3) is 0 Å². The predicted molar refractivity (Wildman–Crippen MR) is 105 cm³/mol. The van der Waals surface area contributed by atoms with Crippen LogP contribution in [-0.2, 0) is 6.42 Å². The Labute approximate surface area is 157 Å². The molecule has 140 valence electrons. The molecule has 3 rings (SSSR count). The van der Waals surface area contributed by atoms with E-state index in [0.717, 1.165) is 56.9 Å². The Hall–Kier alpha value is -1.88. The van der Waals surface area contributed by atoms with E-state index in [9.17, 15) is 5.11 Å². The fourth-order valence-corrected chi connectivity index (χ4v) is 3.50. The Morgan fingerprint density at radius 2 is 1.73 bits per heavy atom. The quantitative estimate of drug-likeness (QED) is 0.827. The fourth-order valence-electron chi connectivity index (χ4n) is 3.50. The van der Waals surface area contributed by atoms with Crippen molar-refractivity contribution in [3.63, 3.8) is 0 Å². The van der Waals surface area contributed by atoms with Gasteiger partial charge in [0.05, 0.1) is 6.61 Å². The lowest BCUT2D eigenvalue weighted by Crippen LogP contribution is -2.34. The van der Waals surface area contributed by atoms with E-state index in [0.29, 0.717) is 6.61 Å². The highest BCUT2D eigenvalue weighted by Crippen LogP contribution is 2.22. The van der Waals surface area contributed by atoms with E-state index in [1.807, 2.05) is 31.2 Å². The fraction of sp³-hybridized carbons (Fsp3) is 0.455. The topological polar surface area (TPSA) is 35.9 Å². The molecule has 1 aliphatic heterocycles. The minimum absolute atomic E-state index is 0.542. The van der Waals surface area contributed by atoms with Crippen molar-refractivity contribution in [2.24, 2.45) is 0 Å². The highest BCUT2D eigenvalue weighted by Gasteiger charge is 2.21. The van der Waals surface area contributed by atoms with E-state index in [-0.39, 0.29) is 0 Å². The lowest BCUT2D eigenvalue weighted by Gasteiger charge is -2.27. The van der Waals surface area contributed by atoms with Crippen LogP contribution in [0.15, 0.2) is 54.6 Å². The summed E-state index contributed by atoms with van der Waals surface area (Å²) in [6, 6.07) is 18.5. The summed E-state index contributed by atoms with van der Waals surface area (Å²) < 4.78 is 5.48. The molecule has 0 saturated carbocycles. The first-order chi connectivity index (χ1) is 12.8. The van der Waals surface area contributed by atoms with Crippen LogP contribution < -0.4 is 4.74 Å². The molecule has 0 bridgehead atoms. The van der Waals surface area contributed by atoms with Crippen LogP contribution in [0, 0.1) is 0 Å². The third-order valence-corrected chi connectivity index (χ3v) is 5.02. The summed E-state index contributed by atoms with van der Waals surface area (Å²) in [4.78, 5) is 4.69. The number of hydrogen-bond donors (Lipinski definition) is 1. The second-order valence-corrected chi connectivity index (χ2v) is 6.84. The summed E-state index contributed by atoms with van der Waals surface area (Å²) in [6.45, 7) is 7.63. The molecule has 4 heteroatoms. The van der Waals surface area contributed by atoms with Crippen molar-refractivity contribution in [2.75, 3.05) is 39.3 Å². The number of benzene rings is 2. The van der Waals surface area contributed by atoms with Gasteiger partial charge in [-0.2, -0.15) is 0 Å². The van der Waals surface area contributed by atoms with Crippen LogP contribution in [0.5, 0.6) is 5.75 Å². The van der Waals surface area contributed by atoms with Gasteiger partial charge in [0.1, 0.15) is 12.0 Å². The van der Waals surface area contributed by atoms with Gasteiger partial charge in [-0.05, 0) is 49.6 Å². The Bertz CT molecular complexity index is 645. The molecule has 1 fully saturated rings. The van der Waals surface area contributed by atoms with E-state index >= 15 is 0 Å². The number of ether oxygens (including phenoxy) is 1. The largest absolute Gasteiger partial charge is 0.494 e. The van der Waals surface area contributed by atoms with Gasteiger partial charge in [-0.3, -0.25) is 4.90 Å². The molecule has 2 aromatic rings. The Balaban J connectivity index is 1.51. The average Bonchev–Trinajstić information content (AvgIpc) is 2.93. The summed E-state index contributed by atoms with van der Waals surface area (Å²) in [5, 5.41) is 10.8. The van der Waals surface area contributed by atoms with Gasteiger partial charge in [0.15, 0.2) is 0 Å². The standard InChI is InChI=1S/C22H30N2O2/c1-2-26-21-11-9-20(10-12-21)22(25)24-15-6-14-23(17-18-24)16-13-19-7-4-3-5-8-19/h3-5,7-12,22,25H,2,6,13-18H2,1H3. The molecule has 1 aliphatic rings. The van der Waals surface area contributed by atoms with Crippen molar-refractivity contribution in [2.45, 2.75) is 26.0 Å². The van der Waals surface area contributed by atoms with E-state index in [4.69, 9.17) is 4.74 Å². The molecule has 26 heavy (non-hydrogen) atoms. The Kier molecular flexibility index (Phi) is 7.06. The van der Waals surface area contributed by atoms with E-state index in [2.05, 4.69) is 40.1 Å². The van der Waals surface area contributed by atoms with Crippen molar-refractivity contribution in [3.8, 4) is 5.75 Å². The van der Waals surface area contributed by atoms with Gasteiger partial charge in [-0.25, -0.2) is 0 Å². The first kappa shape index (κ1) is 18.9. The molecule has 2 aromatic carbocycles. The van der Waals surface area contributed by atoms with Gasteiger partial charge in [0, 0.05) is 26.2 Å². The lowest BCUT2D eigenvalue weighted by molar-refractivity contribution is 0.00450. The molecule has 1 N–H and O–H groups in total. The van der Waals surface area contributed by atoms with Gasteiger partial charge in [-0.15, -0.1) is 0 Å². The second kappa shape index (κ2) is 9.72. The monoisotopic (exact) mass is 354 g/mol. The molecular weight excluding hydrogens is 324 g/mol. The minimum atomic E-state index is -0.542. The molecule has 1 heterocycles. The van der Waals surface area contributed by atoms with E-state index in [1.165, 1.54) is 5.56 Å². The minimum Gasteiger partial charge on any atom is -0.494 e. The van der Waals surface area contributed by atoms with E-state index < -0.39 is 6.23 Å². The number of hydrogen-bond acceptors (Lipinski definition) is 4. The molecule has 1 saturated heterocycles. The van der Waals surface area contributed by atoms with Crippen molar-refractivity contribution in [1.29, 1.82) is 0 Å². The highest BCUT2D eigenvalue weighted by molar-refractivity contribution is 5.28. The van der Waals surface area contributed by atoms with Gasteiger partial charge >= 0.3 is 0 Å². The zero-order valence-electron chi connectivity index (χ0n) is 15.7. The van der Waals surface area contributed by atoms with Crippen LogP contribution in [0.3, 0.4) is 0 Å². The van der Waals surface area contributed by atoms with Crippen LogP contribution in [0.4, 0.5) is 0 Å². The molecule has 0 radical (unpaired) electrons. The maximum absolute atomic E-state index is 10.8. The molecule has 0 amide bonds. The van der Waals surface area contributed by atoms with Crippen LogP contribution >= 0.6 is 0 Å². The zero-order valence-corrected chi connectivity index (χ0v) is 15.7. The highest BCUT2D eigenvalue weighted by atomic mass is 16.5. The number of rotatable bonds is 7. The maximum Gasteiger partial charge on any atom is 0.133 e. The molecule has 1 atom stereocenters. The van der Waals surface area contributed by atoms with Gasteiger partial charge in [0.2, 0.25) is 0 Å². The van der Waals surface area contributed by atoms with Crippen LogP contribution in [0.2, 0.25) is 0 Å². The maximum atomic E-state index is 10.8. The first-order valence-corrected chi connectivity index (χ1v) is 9.67. The third-order valence-electron chi connectivity index (χ3n) is 5.02. The average molecular weight is 354 g/mol. The van der Waals surface area contributed by atoms with E-state index in [1.54, 1.807) is 0 Å². The van der Waals surface area contributed by atoms with Crippen molar-refractivity contribution in [3.05, 3.63) is 65.7 Å². The third kappa shape index (κ3) is 5.31. The van der Waals surface area contributed by atoms with Crippen molar-refractivity contribution >= 4 is 0 Å². The summed E-state index contributed by atoms with van der Waals surface area (Å²) in [7, 11) is 0. The smallest absolute Gasteiger partial charge is 0.133 e. The summed E-state index contributed by atoms with van der Waals surface area (Å²) in [5.41, 5.74) is 2.33. The number of nitrogens with zero attached hydrogens (tertiary/aromatic N) is 2. The Morgan fingerprint density at radius 1 is 0.962 bits per heavy atom. The molecule has 1 unspecified atom stereocenters. The van der Waals surface area contributed by atoms with Crippen LogP contribution in [0.25, 0.3) is 0 Å².